The Morgan fingerprint density at radius 2 is 2.07 bits per heavy atom. The average molecular weight is 409 g/mol. The molecule has 28 heavy (non-hydrogen) atoms. The van der Waals surface area contributed by atoms with E-state index in [0.717, 1.165) is 6.04 Å². The highest BCUT2D eigenvalue weighted by molar-refractivity contribution is 6.76. The normalized spacial score (nSPS) is 15.9. The van der Waals surface area contributed by atoms with Crippen LogP contribution >= 0.6 is 0 Å². The number of benzene rings is 1. The Morgan fingerprint density at radius 1 is 1.36 bits per heavy atom. The van der Waals surface area contributed by atoms with Crippen molar-refractivity contribution >= 4 is 30.8 Å². The van der Waals surface area contributed by atoms with E-state index in [1.54, 1.807) is 0 Å². The van der Waals surface area contributed by atoms with Crippen molar-refractivity contribution in [2.24, 2.45) is 0 Å². The maximum atomic E-state index is 14.4. The van der Waals surface area contributed by atoms with Gasteiger partial charge in [-0.25, -0.2) is 9.18 Å². The summed E-state index contributed by atoms with van der Waals surface area (Å²) in [6.45, 7) is 8.89. The third-order valence-electron chi connectivity index (χ3n) is 5.08. The molecule has 2 heterocycles. The van der Waals surface area contributed by atoms with Crippen molar-refractivity contribution in [1.82, 2.24) is 4.57 Å². The molecule has 0 spiro atoms. The van der Waals surface area contributed by atoms with Gasteiger partial charge in [0, 0.05) is 45.5 Å². The van der Waals surface area contributed by atoms with E-state index in [9.17, 15) is 14.3 Å². The second kappa shape index (κ2) is 8.63. The number of halogens is 1. The monoisotopic (exact) mass is 408 g/mol. The van der Waals surface area contributed by atoms with Crippen LogP contribution in [0.25, 0.3) is 10.9 Å². The molecule has 0 radical (unpaired) electrons. The SMILES string of the molecule is C[Si](C)(C)CCOCn1ccc2c(N(C(=O)O)C3CCOCC3)cc(F)cc21. The molecule has 0 aliphatic carbocycles. The fourth-order valence-corrected chi connectivity index (χ4v) is 4.25. The van der Waals surface area contributed by atoms with Gasteiger partial charge in [-0.1, -0.05) is 19.6 Å². The van der Waals surface area contributed by atoms with Crippen molar-refractivity contribution in [1.29, 1.82) is 0 Å². The number of anilines is 1. The summed E-state index contributed by atoms with van der Waals surface area (Å²) >= 11 is 0. The number of rotatable bonds is 7. The lowest BCUT2D eigenvalue weighted by atomic mass is 10.1. The fraction of sp³-hybridized carbons (Fsp3) is 0.550. The van der Waals surface area contributed by atoms with Crippen LogP contribution in [0.1, 0.15) is 12.8 Å². The highest BCUT2D eigenvalue weighted by Gasteiger charge is 2.29. The molecular weight excluding hydrogens is 379 g/mol. The van der Waals surface area contributed by atoms with Gasteiger partial charge in [0.15, 0.2) is 0 Å². The lowest BCUT2D eigenvalue weighted by molar-refractivity contribution is 0.0838. The fourth-order valence-electron chi connectivity index (χ4n) is 3.50. The van der Waals surface area contributed by atoms with Crippen LogP contribution in [0, 0.1) is 5.82 Å². The van der Waals surface area contributed by atoms with E-state index >= 15 is 0 Å². The molecule has 2 aromatic rings. The summed E-state index contributed by atoms with van der Waals surface area (Å²) in [4.78, 5) is 13.3. The molecule has 1 amide bonds. The summed E-state index contributed by atoms with van der Waals surface area (Å²) in [5, 5.41) is 10.5. The molecule has 0 bridgehead atoms. The van der Waals surface area contributed by atoms with Crippen LogP contribution in [0.4, 0.5) is 14.9 Å². The lowest BCUT2D eigenvalue weighted by Gasteiger charge is -2.32. The van der Waals surface area contributed by atoms with Crippen LogP contribution in [-0.2, 0) is 16.2 Å². The minimum Gasteiger partial charge on any atom is -0.465 e. The molecule has 8 heteroatoms. The van der Waals surface area contributed by atoms with Crippen LogP contribution in [0.3, 0.4) is 0 Å². The predicted octanol–water partition coefficient (Wildman–Crippen LogP) is 4.76. The molecule has 1 saturated heterocycles. The van der Waals surface area contributed by atoms with Crippen molar-refractivity contribution < 1.29 is 23.8 Å². The summed E-state index contributed by atoms with van der Waals surface area (Å²) in [6, 6.07) is 5.42. The molecule has 3 rings (SSSR count). The summed E-state index contributed by atoms with van der Waals surface area (Å²) in [7, 11) is -1.17. The van der Waals surface area contributed by atoms with E-state index in [2.05, 4.69) is 19.6 Å². The number of aromatic nitrogens is 1. The van der Waals surface area contributed by atoms with Gasteiger partial charge in [-0.3, -0.25) is 4.90 Å². The lowest BCUT2D eigenvalue weighted by Crippen LogP contribution is -2.43. The molecule has 154 valence electrons. The van der Waals surface area contributed by atoms with Gasteiger partial charge in [-0.05, 0) is 37.1 Å². The Balaban J connectivity index is 1.87. The van der Waals surface area contributed by atoms with Crippen LogP contribution in [0.5, 0.6) is 0 Å². The Labute approximate surface area is 165 Å². The molecular formula is C20H29FN2O4Si. The molecule has 6 nitrogen and oxygen atoms in total. The third kappa shape index (κ3) is 4.92. The summed E-state index contributed by atoms with van der Waals surface area (Å²) < 4.78 is 27.4. The maximum absolute atomic E-state index is 14.4. The predicted molar refractivity (Wildman–Crippen MR) is 110 cm³/mol. The molecule has 1 fully saturated rings. The molecule has 0 atom stereocenters. The van der Waals surface area contributed by atoms with Crippen LogP contribution < -0.4 is 4.90 Å². The number of fused-ring (bicyclic) bond motifs is 1. The first-order chi connectivity index (χ1) is 13.3. The van der Waals surface area contributed by atoms with Crippen LogP contribution in [0.2, 0.25) is 25.7 Å². The largest absolute Gasteiger partial charge is 0.465 e. The Morgan fingerprint density at radius 3 is 2.71 bits per heavy atom. The van der Waals surface area contributed by atoms with E-state index < -0.39 is 20.0 Å². The highest BCUT2D eigenvalue weighted by Crippen LogP contribution is 2.33. The van der Waals surface area contributed by atoms with E-state index in [4.69, 9.17) is 9.47 Å². The van der Waals surface area contributed by atoms with Crippen molar-refractivity contribution in [3.05, 3.63) is 30.2 Å². The topological polar surface area (TPSA) is 63.9 Å². The minimum atomic E-state index is -1.17. The zero-order valence-electron chi connectivity index (χ0n) is 16.8. The Bertz CT molecular complexity index is 827. The third-order valence-corrected chi connectivity index (χ3v) is 6.78. The molecule has 1 aromatic heterocycles. The van der Waals surface area contributed by atoms with Crippen molar-refractivity contribution in [3.63, 3.8) is 0 Å². The second-order valence-electron chi connectivity index (χ2n) is 8.49. The van der Waals surface area contributed by atoms with Gasteiger partial charge in [0.05, 0.1) is 11.2 Å². The highest BCUT2D eigenvalue weighted by atomic mass is 28.3. The maximum Gasteiger partial charge on any atom is 0.412 e. The van der Waals surface area contributed by atoms with Gasteiger partial charge in [-0.15, -0.1) is 0 Å². The van der Waals surface area contributed by atoms with Crippen LogP contribution in [-0.4, -0.2) is 49.7 Å². The Hall–Kier alpha value is -1.90. The molecule has 0 saturated carbocycles. The molecule has 0 unspecified atom stereocenters. The summed E-state index contributed by atoms with van der Waals surface area (Å²) in [5.74, 6) is -0.456. The van der Waals surface area contributed by atoms with E-state index in [1.807, 2.05) is 16.8 Å². The van der Waals surface area contributed by atoms with Crippen molar-refractivity contribution in [2.75, 3.05) is 24.7 Å². The molecule has 1 aliphatic rings. The van der Waals surface area contributed by atoms with Gasteiger partial charge in [0.25, 0.3) is 0 Å². The second-order valence-corrected chi connectivity index (χ2v) is 14.1. The number of ether oxygens (including phenoxy) is 2. The van der Waals surface area contributed by atoms with Crippen LogP contribution in [0.15, 0.2) is 24.4 Å². The van der Waals surface area contributed by atoms with Crippen molar-refractivity contribution in [3.8, 4) is 0 Å². The number of amides is 1. The minimum absolute atomic E-state index is 0.215. The number of carbonyl (C=O) groups is 1. The Kier molecular flexibility index (Phi) is 6.42. The number of nitrogens with zero attached hydrogens (tertiary/aromatic N) is 2. The van der Waals surface area contributed by atoms with E-state index in [1.165, 1.54) is 17.0 Å². The van der Waals surface area contributed by atoms with Gasteiger partial charge < -0.3 is 19.1 Å². The average Bonchev–Trinajstić information content (AvgIpc) is 3.01. The first-order valence-corrected chi connectivity index (χ1v) is 13.4. The molecule has 1 aliphatic heterocycles. The van der Waals surface area contributed by atoms with Gasteiger partial charge in [0.1, 0.15) is 12.5 Å². The molecule has 1 N–H and O–H groups in total. The first-order valence-electron chi connectivity index (χ1n) is 9.72. The number of hydrogen-bond acceptors (Lipinski definition) is 3. The van der Waals surface area contributed by atoms with Gasteiger partial charge in [-0.2, -0.15) is 0 Å². The zero-order valence-corrected chi connectivity index (χ0v) is 17.8. The number of carboxylic acid groups (broad SMARTS) is 1. The summed E-state index contributed by atoms with van der Waals surface area (Å²) in [5.41, 5.74) is 1.02. The standard InChI is InChI=1S/C20H29FN2O4Si/c1-28(2,3)11-10-27-14-22-7-4-17-18(22)12-15(21)13-19(17)23(20(24)25)16-5-8-26-9-6-16/h4,7,12-13,16H,5-6,8-11,14H2,1-3H3,(H,24,25). The van der Waals surface area contributed by atoms with Gasteiger partial charge in [0.2, 0.25) is 0 Å². The molecule has 1 aromatic carbocycles. The van der Waals surface area contributed by atoms with E-state index in [0.29, 0.717) is 56.0 Å². The number of hydrogen-bond donors (Lipinski definition) is 1. The van der Waals surface area contributed by atoms with Gasteiger partial charge >= 0.3 is 6.09 Å². The first kappa shape index (κ1) is 20.8. The zero-order chi connectivity index (χ0) is 20.3. The summed E-state index contributed by atoms with van der Waals surface area (Å²) in [6.07, 6.45) is 1.96. The van der Waals surface area contributed by atoms with Crippen molar-refractivity contribution in [2.45, 2.75) is 51.3 Å². The smallest absolute Gasteiger partial charge is 0.412 e. The van der Waals surface area contributed by atoms with E-state index in [-0.39, 0.29) is 6.04 Å². The quantitative estimate of drug-likeness (QED) is 0.530.